The van der Waals surface area contributed by atoms with Gasteiger partial charge in [-0.25, -0.2) is 27.6 Å². The standard InChI is InChI=1S/C15H15FO5.C14H15FO3.C13H13FO3/c1-9(17)20-11-7-8-12(18)21-15(11)14(19)13(16)10-5-3-2-4-6-10;1-9-7-8-11(16)18-14(9)13(17)12(15)10-5-3-2-4-6-10;14-12(9-5-2-1-3-6-9)13(16)10-7-4-8-11(15)17-10/h2-8,11,13-15,19H,1H3;2-9,12-14,17H,1H3;1-6,8,10,12-13,16H,7H2/t11?,13-,14+,15-;9-,12+,13-,14+;10-,12-,13-/m101/s1. The molecule has 3 aliphatic heterocycles. The number of hydrogen-bond acceptors (Lipinski definition) is 11. The van der Waals surface area contributed by atoms with Gasteiger partial charge >= 0.3 is 23.9 Å². The van der Waals surface area contributed by atoms with Gasteiger partial charge in [0.25, 0.3) is 0 Å². The van der Waals surface area contributed by atoms with Gasteiger partial charge in [0.15, 0.2) is 30.7 Å². The minimum Gasteiger partial charge on any atom is -0.456 e. The van der Waals surface area contributed by atoms with Crippen LogP contribution in [0.4, 0.5) is 13.2 Å². The number of benzene rings is 3. The third kappa shape index (κ3) is 12.2. The number of halogens is 3. The van der Waals surface area contributed by atoms with Crippen LogP contribution in [0.25, 0.3) is 0 Å². The molecule has 0 amide bonds. The molecular formula is C42H43F3O11. The highest BCUT2D eigenvalue weighted by Crippen LogP contribution is 2.31. The summed E-state index contributed by atoms with van der Waals surface area (Å²) in [5, 5.41) is 29.9. The molecule has 0 aromatic heterocycles. The van der Waals surface area contributed by atoms with Gasteiger partial charge in [-0.3, -0.25) is 4.79 Å². The summed E-state index contributed by atoms with van der Waals surface area (Å²) >= 11 is 0. The summed E-state index contributed by atoms with van der Waals surface area (Å²) in [4.78, 5) is 44.4. The van der Waals surface area contributed by atoms with Crippen molar-refractivity contribution in [2.75, 3.05) is 0 Å². The van der Waals surface area contributed by atoms with Gasteiger partial charge in [-0.1, -0.05) is 110 Å². The van der Waals surface area contributed by atoms with Crippen LogP contribution >= 0.6 is 0 Å². The average molecular weight is 781 g/mol. The number of carbonyl (C=O) groups is 4. The lowest BCUT2D eigenvalue weighted by molar-refractivity contribution is -0.174. The first-order valence-electron chi connectivity index (χ1n) is 17.7. The van der Waals surface area contributed by atoms with Crippen molar-refractivity contribution in [2.45, 2.75) is 81.5 Å². The average Bonchev–Trinajstić information content (AvgIpc) is 3.22. The Morgan fingerprint density at radius 3 is 1.50 bits per heavy atom. The fourth-order valence-corrected chi connectivity index (χ4v) is 5.85. The van der Waals surface area contributed by atoms with E-state index in [1.54, 1.807) is 97.9 Å². The predicted molar refractivity (Wildman–Crippen MR) is 195 cm³/mol. The third-order valence-electron chi connectivity index (χ3n) is 8.80. The van der Waals surface area contributed by atoms with Gasteiger partial charge in [-0.15, -0.1) is 0 Å². The molecular weight excluding hydrogens is 737 g/mol. The zero-order valence-electron chi connectivity index (χ0n) is 30.4. The van der Waals surface area contributed by atoms with Crippen molar-refractivity contribution >= 4 is 23.9 Å². The van der Waals surface area contributed by atoms with Crippen LogP contribution in [0, 0.1) is 5.92 Å². The number of ether oxygens (including phenoxy) is 4. The Balaban J connectivity index is 0.000000188. The first kappa shape index (κ1) is 43.2. The summed E-state index contributed by atoms with van der Waals surface area (Å²) in [6, 6.07) is 24.7. The summed E-state index contributed by atoms with van der Waals surface area (Å²) in [7, 11) is 0. The Bertz CT molecular complexity index is 1820. The highest BCUT2D eigenvalue weighted by Gasteiger charge is 2.40. The van der Waals surface area contributed by atoms with E-state index < -0.39 is 85.1 Å². The molecule has 14 heteroatoms. The first-order valence-corrected chi connectivity index (χ1v) is 17.7. The Kier molecular flexibility index (Phi) is 16.1. The molecule has 56 heavy (non-hydrogen) atoms. The van der Waals surface area contributed by atoms with E-state index in [9.17, 15) is 47.7 Å². The van der Waals surface area contributed by atoms with E-state index in [2.05, 4.69) is 0 Å². The third-order valence-corrected chi connectivity index (χ3v) is 8.80. The van der Waals surface area contributed by atoms with Crippen molar-refractivity contribution in [3.63, 3.8) is 0 Å². The summed E-state index contributed by atoms with van der Waals surface area (Å²) in [6.07, 6.45) is -4.76. The molecule has 3 heterocycles. The van der Waals surface area contributed by atoms with E-state index >= 15 is 0 Å². The zero-order valence-corrected chi connectivity index (χ0v) is 30.4. The second-order valence-corrected chi connectivity index (χ2v) is 13.0. The van der Waals surface area contributed by atoms with Crippen molar-refractivity contribution in [3.05, 3.63) is 144 Å². The smallest absolute Gasteiger partial charge is 0.331 e. The van der Waals surface area contributed by atoms with Crippen LogP contribution in [0.3, 0.4) is 0 Å². The molecule has 3 N–H and O–H groups in total. The van der Waals surface area contributed by atoms with E-state index in [1.807, 2.05) is 0 Å². The van der Waals surface area contributed by atoms with E-state index in [-0.39, 0.29) is 11.5 Å². The number of cyclic esters (lactones) is 3. The quantitative estimate of drug-likeness (QED) is 0.174. The maximum Gasteiger partial charge on any atom is 0.331 e. The van der Waals surface area contributed by atoms with Crippen LogP contribution < -0.4 is 0 Å². The minimum atomic E-state index is -1.77. The molecule has 3 aliphatic rings. The second-order valence-electron chi connectivity index (χ2n) is 13.0. The molecule has 0 spiro atoms. The highest BCUT2D eigenvalue weighted by atomic mass is 19.1. The number of hydrogen-bond donors (Lipinski definition) is 3. The number of aliphatic hydroxyl groups is 3. The van der Waals surface area contributed by atoms with Crippen LogP contribution in [-0.2, 0) is 38.1 Å². The molecule has 3 aromatic carbocycles. The SMILES string of the molecule is CC(=O)OC1C=CC(=O)O[C@H]1[C@@H](O)[C@H](F)c1ccccc1.C[C@H]1C=CC(=O)O[C@H]1[C@@H](O)[C@H](F)c1ccccc1.O=C1C=CC[C@H]([C@@H](O)[C@H](F)c2ccccc2)O1. The summed E-state index contributed by atoms with van der Waals surface area (Å²) in [5.74, 6) is -2.63. The largest absolute Gasteiger partial charge is 0.456 e. The second kappa shape index (κ2) is 20.9. The van der Waals surface area contributed by atoms with E-state index in [1.165, 1.54) is 37.3 Å². The van der Waals surface area contributed by atoms with Crippen LogP contribution in [0.5, 0.6) is 0 Å². The van der Waals surface area contributed by atoms with Gasteiger partial charge in [-0.2, -0.15) is 0 Å². The molecule has 6 rings (SSSR count). The normalized spacial score (nSPS) is 24.5. The molecule has 1 unspecified atom stereocenters. The minimum absolute atomic E-state index is 0.209. The van der Waals surface area contributed by atoms with Gasteiger partial charge in [0.05, 0.1) is 0 Å². The van der Waals surface area contributed by atoms with Crippen LogP contribution in [-0.4, -0.2) is 81.9 Å². The first-order chi connectivity index (χ1) is 26.8. The van der Waals surface area contributed by atoms with Crippen LogP contribution in [0.2, 0.25) is 0 Å². The number of carbonyl (C=O) groups excluding carboxylic acids is 4. The van der Waals surface area contributed by atoms with Crippen molar-refractivity contribution in [2.24, 2.45) is 5.92 Å². The van der Waals surface area contributed by atoms with Crippen molar-refractivity contribution in [3.8, 4) is 0 Å². The Morgan fingerprint density at radius 2 is 1.04 bits per heavy atom. The van der Waals surface area contributed by atoms with Crippen molar-refractivity contribution in [1.82, 2.24) is 0 Å². The Morgan fingerprint density at radius 1 is 0.625 bits per heavy atom. The topological polar surface area (TPSA) is 166 Å². The number of aliphatic hydroxyl groups excluding tert-OH is 3. The molecule has 11 atom stereocenters. The monoisotopic (exact) mass is 780 g/mol. The van der Waals surface area contributed by atoms with E-state index in [4.69, 9.17) is 18.9 Å². The Hall–Kier alpha value is -5.57. The van der Waals surface area contributed by atoms with Crippen LogP contribution in [0.15, 0.2) is 127 Å². The lowest BCUT2D eigenvalue weighted by atomic mass is 9.92. The van der Waals surface area contributed by atoms with Gasteiger partial charge in [0, 0.05) is 37.5 Å². The number of alkyl halides is 3. The van der Waals surface area contributed by atoms with Crippen molar-refractivity contribution in [1.29, 1.82) is 0 Å². The molecule has 0 saturated carbocycles. The molecule has 0 fully saturated rings. The Labute approximate surface area is 321 Å². The van der Waals surface area contributed by atoms with Crippen LogP contribution in [0.1, 0.15) is 55.5 Å². The zero-order chi connectivity index (χ0) is 40.8. The number of esters is 4. The predicted octanol–water partition coefficient (Wildman–Crippen LogP) is 5.58. The summed E-state index contributed by atoms with van der Waals surface area (Å²) in [5.41, 5.74) is 1.01. The summed E-state index contributed by atoms with van der Waals surface area (Å²) in [6.45, 7) is 2.95. The van der Waals surface area contributed by atoms with Gasteiger partial charge < -0.3 is 34.3 Å². The molecule has 0 radical (unpaired) electrons. The molecule has 0 aliphatic carbocycles. The van der Waals surface area contributed by atoms with Crippen molar-refractivity contribution < 1.29 is 66.6 Å². The fraction of sp³-hybridized carbons (Fsp3) is 0.333. The van der Waals surface area contributed by atoms with Gasteiger partial charge in [0.2, 0.25) is 0 Å². The van der Waals surface area contributed by atoms with Gasteiger partial charge in [0.1, 0.15) is 30.5 Å². The highest BCUT2D eigenvalue weighted by molar-refractivity contribution is 5.84. The fourth-order valence-electron chi connectivity index (χ4n) is 5.85. The lowest BCUT2D eigenvalue weighted by Gasteiger charge is -2.31. The number of rotatable bonds is 10. The van der Waals surface area contributed by atoms with E-state index in [0.29, 0.717) is 17.5 Å². The molecule has 11 nitrogen and oxygen atoms in total. The maximum absolute atomic E-state index is 14.3. The maximum atomic E-state index is 14.3. The molecule has 0 saturated heterocycles. The lowest BCUT2D eigenvalue weighted by Crippen LogP contribution is -2.46. The summed E-state index contributed by atoms with van der Waals surface area (Å²) < 4.78 is 62.2. The van der Waals surface area contributed by atoms with E-state index in [0.717, 1.165) is 6.08 Å². The molecule has 0 bridgehead atoms. The molecule has 298 valence electrons. The van der Waals surface area contributed by atoms with Gasteiger partial charge in [-0.05, 0) is 22.8 Å². The molecule has 3 aromatic rings.